The Bertz CT molecular complexity index is 668. The third-order valence-electron chi connectivity index (χ3n) is 2.90. The van der Waals surface area contributed by atoms with Gasteiger partial charge in [0.1, 0.15) is 0 Å². The van der Waals surface area contributed by atoms with Crippen LogP contribution in [-0.4, -0.2) is 36.4 Å². The van der Waals surface area contributed by atoms with Gasteiger partial charge in [0.25, 0.3) is 0 Å². The molecule has 1 aromatic rings. The first-order valence-corrected chi connectivity index (χ1v) is 8.36. The van der Waals surface area contributed by atoms with Crippen LogP contribution in [0.3, 0.4) is 0 Å². The minimum Gasteiger partial charge on any atom is -0.481 e. The van der Waals surface area contributed by atoms with Crippen LogP contribution in [0.2, 0.25) is 0 Å². The van der Waals surface area contributed by atoms with Crippen molar-refractivity contribution in [2.75, 3.05) is 11.1 Å². The lowest BCUT2D eigenvalue weighted by Gasteiger charge is -2.18. The first-order valence-electron chi connectivity index (χ1n) is 5.83. The molecule has 0 spiro atoms. The van der Waals surface area contributed by atoms with Crippen LogP contribution in [0.15, 0.2) is 28.0 Å². The summed E-state index contributed by atoms with van der Waals surface area (Å²) in [7, 11) is -3.73. The second kappa shape index (κ2) is 5.45. The molecule has 2 N–H and O–H groups in total. The fourth-order valence-electron chi connectivity index (χ4n) is 1.83. The predicted octanol–water partition coefficient (Wildman–Crippen LogP) is 1.37. The molecular weight excluding hydrogens is 302 g/mol. The van der Waals surface area contributed by atoms with E-state index in [0.717, 1.165) is 4.90 Å². The lowest BCUT2D eigenvalue weighted by molar-refractivity contribution is -0.136. The highest BCUT2D eigenvalue weighted by molar-refractivity contribution is 8.00. The molecule has 0 fully saturated rings. The molecule has 1 atom stereocenters. The SMILES string of the molecule is C[C@H](CC(=O)O)S(=O)(=O)c1ccc2c(c1)NC(=O)CS2. The summed E-state index contributed by atoms with van der Waals surface area (Å²) in [5.41, 5.74) is 0.454. The maximum absolute atomic E-state index is 12.3. The quantitative estimate of drug-likeness (QED) is 0.870. The number of fused-ring (bicyclic) bond motifs is 1. The van der Waals surface area contributed by atoms with Crippen LogP contribution in [0.4, 0.5) is 5.69 Å². The number of hydrogen-bond acceptors (Lipinski definition) is 5. The molecule has 1 aliphatic heterocycles. The Labute approximate surface area is 120 Å². The molecule has 0 radical (unpaired) electrons. The van der Waals surface area contributed by atoms with Gasteiger partial charge in [-0.15, -0.1) is 11.8 Å². The number of benzene rings is 1. The van der Waals surface area contributed by atoms with Gasteiger partial charge in [-0.25, -0.2) is 8.42 Å². The smallest absolute Gasteiger partial charge is 0.304 e. The highest BCUT2D eigenvalue weighted by Crippen LogP contribution is 2.34. The Balaban J connectivity index is 2.36. The summed E-state index contributed by atoms with van der Waals surface area (Å²) in [6.07, 6.45) is -0.458. The number of carboxylic acids is 1. The van der Waals surface area contributed by atoms with Gasteiger partial charge in [0, 0.05) is 4.90 Å². The Morgan fingerprint density at radius 1 is 1.50 bits per heavy atom. The van der Waals surface area contributed by atoms with Gasteiger partial charge in [-0.1, -0.05) is 0 Å². The minimum absolute atomic E-state index is 0.0211. The number of sulfone groups is 1. The molecule has 8 heteroatoms. The summed E-state index contributed by atoms with van der Waals surface area (Å²) in [6, 6.07) is 4.45. The first kappa shape index (κ1) is 14.9. The van der Waals surface area contributed by atoms with E-state index in [2.05, 4.69) is 5.32 Å². The lowest BCUT2D eigenvalue weighted by Crippen LogP contribution is -2.23. The van der Waals surface area contributed by atoms with E-state index in [4.69, 9.17) is 5.11 Å². The van der Waals surface area contributed by atoms with E-state index in [-0.39, 0.29) is 10.8 Å². The predicted molar refractivity (Wildman–Crippen MR) is 74.7 cm³/mol. The Morgan fingerprint density at radius 3 is 2.85 bits per heavy atom. The van der Waals surface area contributed by atoms with E-state index in [1.165, 1.54) is 30.8 Å². The fraction of sp³-hybridized carbons (Fsp3) is 0.333. The molecule has 0 bridgehead atoms. The molecule has 20 heavy (non-hydrogen) atoms. The van der Waals surface area contributed by atoms with E-state index in [1.807, 2.05) is 0 Å². The second-order valence-electron chi connectivity index (χ2n) is 4.45. The molecule has 2 rings (SSSR count). The first-order chi connectivity index (χ1) is 9.30. The van der Waals surface area contributed by atoms with Gasteiger partial charge in [-0.05, 0) is 25.1 Å². The zero-order valence-electron chi connectivity index (χ0n) is 10.6. The molecule has 108 valence electrons. The van der Waals surface area contributed by atoms with Crippen molar-refractivity contribution in [3.8, 4) is 0 Å². The van der Waals surface area contributed by atoms with Crippen LogP contribution in [-0.2, 0) is 19.4 Å². The van der Waals surface area contributed by atoms with Gasteiger partial charge >= 0.3 is 5.97 Å². The molecule has 1 heterocycles. The van der Waals surface area contributed by atoms with Gasteiger partial charge in [-0.3, -0.25) is 9.59 Å². The van der Waals surface area contributed by atoms with E-state index in [0.29, 0.717) is 11.4 Å². The van der Waals surface area contributed by atoms with Crippen molar-refractivity contribution in [1.29, 1.82) is 0 Å². The largest absolute Gasteiger partial charge is 0.481 e. The summed E-state index contributed by atoms with van der Waals surface area (Å²) in [5.74, 6) is -1.05. The standard InChI is InChI=1S/C12H13NO5S2/c1-7(4-12(15)16)20(17,18)8-2-3-10-9(5-8)13-11(14)6-19-10/h2-3,5,7H,4,6H2,1H3,(H,13,14)(H,15,16)/t7-/m1/s1. The van der Waals surface area contributed by atoms with Gasteiger partial charge < -0.3 is 10.4 Å². The summed E-state index contributed by atoms with van der Waals surface area (Å²) in [5, 5.41) is 10.3. The number of nitrogens with one attached hydrogen (secondary N) is 1. The molecule has 0 saturated carbocycles. The Hall–Kier alpha value is -1.54. The molecule has 6 nitrogen and oxygen atoms in total. The number of rotatable bonds is 4. The van der Waals surface area contributed by atoms with E-state index in [1.54, 1.807) is 6.07 Å². The fourth-order valence-corrected chi connectivity index (χ4v) is 3.98. The van der Waals surface area contributed by atoms with Gasteiger partial charge in [0.15, 0.2) is 9.84 Å². The van der Waals surface area contributed by atoms with Crippen molar-refractivity contribution in [3.05, 3.63) is 18.2 Å². The second-order valence-corrected chi connectivity index (χ2v) is 7.83. The minimum atomic E-state index is -3.73. The van der Waals surface area contributed by atoms with Crippen LogP contribution in [0.5, 0.6) is 0 Å². The highest BCUT2D eigenvalue weighted by Gasteiger charge is 2.27. The highest BCUT2D eigenvalue weighted by atomic mass is 32.2. The topological polar surface area (TPSA) is 101 Å². The number of thioether (sulfide) groups is 1. The number of carbonyl (C=O) groups is 2. The Morgan fingerprint density at radius 2 is 2.20 bits per heavy atom. The zero-order chi connectivity index (χ0) is 14.9. The van der Waals surface area contributed by atoms with Crippen molar-refractivity contribution in [1.82, 2.24) is 0 Å². The van der Waals surface area contributed by atoms with E-state index >= 15 is 0 Å². The number of amides is 1. The molecule has 0 saturated heterocycles. The van der Waals surface area contributed by atoms with Crippen LogP contribution >= 0.6 is 11.8 Å². The molecule has 1 aromatic carbocycles. The maximum atomic E-state index is 12.3. The van der Waals surface area contributed by atoms with Gasteiger partial charge in [0.05, 0.1) is 28.0 Å². The summed E-state index contributed by atoms with van der Waals surface area (Å²) >= 11 is 1.33. The van der Waals surface area contributed by atoms with Crippen molar-refractivity contribution in [2.45, 2.75) is 28.4 Å². The normalized spacial score (nSPS) is 16.1. The molecule has 0 unspecified atom stereocenters. The number of aliphatic carboxylic acids is 1. The van der Waals surface area contributed by atoms with Crippen LogP contribution < -0.4 is 5.32 Å². The van der Waals surface area contributed by atoms with E-state index < -0.39 is 27.5 Å². The lowest BCUT2D eigenvalue weighted by atomic mass is 10.3. The van der Waals surface area contributed by atoms with Gasteiger partial charge in [0.2, 0.25) is 5.91 Å². The summed E-state index contributed by atoms with van der Waals surface area (Å²) in [6.45, 7) is 1.36. The number of carboxylic acid groups (broad SMARTS) is 1. The van der Waals surface area contributed by atoms with Crippen molar-refractivity contribution >= 4 is 39.2 Å². The summed E-state index contributed by atoms with van der Waals surface area (Å²) < 4.78 is 24.5. The zero-order valence-corrected chi connectivity index (χ0v) is 12.3. The Kier molecular flexibility index (Phi) is 4.05. The monoisotopic (exact) mass is 315 g/mol. The molecule has 1 amide bonds. The van der Waals surface area contributed by atoms with Crippen LogP contribution in [0.25, 0.3) is 0 Å². The van der Waals surface area contributed by atoms with Gasteiger partial charge in [-0.2, -0.15) is 0 Å². The molecule has 0 aromatic heterocycles. The van der Waals surface area contributed by atoms with Crippen LogP contribution in [0.1, 0.15) is 13.3 Å². The molecule has 0 aliphatic carbocycles. The summed E-state index contributed by atoms with van der Waals surface area (Å²) in [4.78, 5) is 22.8. The van der Waals surface area contributed by atoms with Crippen molar-refractivity contribution < 1.29 is 23.1 Å². The van der Waals surface area contributed by atoms with E-state index in [9.17, 15) is 18.0 Å². The third-order valence-corrected chi connectivity index (χ3v) is 6.11. The van der Waals surface area contributed by atoms with Crippen molar-refractivity contribution in [3.63, 3.8) is 0 Å². The molecular formula is C12H13NO5S2. The van der Waals surface area contributed by atoms with Crippen LogP contribution in [0, 0.1) is 0 Å². The number of carbonyl (C=O) groups excluding carboxylic acids is 1. The average Bonchev–Trinajstić information content (AvgIpc) is 2.36. The molecule has 1 aliphatic rings. The maximum Gasteiger partial charge on any atom is 0.304 e. The average molecular weight is 315 g/mol. The number of anilines is 1. The number of hydrogen-bond donors (Lipinski definition) is 2. The van der Waals surface area contributed by atoms with Crippen molar-refractivity contribution in [2.24, 2.45) is 0 Å². The third kappa shape index (κ3) is 2.96.